The quantitative estimate of drug-likeness (QED) is 0.921. The number of hydrogen-bond acceptors (Lipinski definition) is 2. The molecule has 92 valence electrons. The standard InChI is InChI=1S/C14H13ClN2O/c1-10-6-7-16-13(8-10)17-14(18)9-11-4-2-3-5-12(11)15/h2-8H,9H2,1H3,(H,16,17,18). The third kappa shape index (κ3) is 3.31. The maximum absolute atomic E-state index is 11.8. The highest BCUT2D eigenvalue weighted by Gasteiger charge is 2.07. The van der Waals surface area contributed by atoms with Crippen LogP contribution in [0.4, 0.5) is 5.82 Å². The van der Waals surface area contributed by atoms with Crippen LogP contribution in [-0.2, 0) is 11.2 Å². The van der Waals surface area contributed by atoms with Crippen molar-refractivity contribution in [3.63, 3.8) is 0 Å². The lowest BCUT2D eigenvalue weighted by Gasteiger charge is -2.06. The number of rotatable bonds is 3. The summed E-state index contributed by atoms with van der Waals surface area (Å²) in [4.78, 5) is 15.9. The first-order valence-corrected chi connectivity index (χ1v) is 5.99. The van der Waals surface area contributed by atoms with Gasteiger partial charge < -0.3 is 5.32 Å². The summed E-state index contributed by atoms with van der Waals surface area (Å²) >= 11 is 6.00. The van der Waals surface area contributed by atoms with E-state index in [-0.39, 0.29) is 12.3 Å². The predicted octanol–water partition coefficient (Wildman–Crippen LogP) is 3.22. The fourth-order valence-corrected chi connectivity index (χ4v) is 1.81. The number of benzene rings is 1. The van der Waals surface area contributed by atoms with Crippen LogP contribution in [0, 0.1) is 6.92 Å². The second-order valence-corrected chi connectivity index (χ2v) is 4.44. The van der Waals surface area contributed by atoms with Crippen molar-refractivity contribution in [2.24, 2.45) is 0 Å². The van der Waals surface area contributed by atoms with Crippen LogP contribution in [0.1, 0.15) is 11.1 Å². The van der Waals surface area contributed by atoms with E-state index in [0.29, 0.717) is 10.8 Å². The summed E-state index contributed by atoms with van der Waals surface area (Å²) in [6, 6.07) is 11.0. The van der Waals surface area contributed by atoms with Gasteiger partial charge >= 0.3 is 0 Å². The van der Waals surface area contributed by atoms with E-state index >= 15 is 0 Å². The molecule has 0 fully saturated rings. The van der Waals surface area contributed by atoms with Crippen LogP contribution >= 0.6 is 11.6 Å². The van der Waals surface area contributed by atoms with Gasteiger partial charge in [-0.15, -0.1) is 0 Å². The molecular formula is C14H13ClN2O. The molecule has 1 aromatic carbocycles. The topological polar surface area (TPSA) is 42.0 Å². The molecule has 0 atom stereocenters. The second kappa shape index (κ2) is 5.65. The highest BCUT2D eigenvalue weighted by molar-refractivity contribution is 6.31. The van der Waals surface area contributed by atoms with Crippen LogP contribution in [0.3, 0.4) is 0 Å². The zero-order valence-corrected chi connectivity index (χ0v) is 10.7. The van der Waals surface area contributed by atoms with Crippen LogP contribution in [0.25, 0.3) is 0 Å². The lowest BCUT2D eigenvalue weighted by molar-refractivity contribution is -0.115. The lowest BCUT2D eigenvalue weighted by atomic mass is 10.1. The normalized spacial score (nSPS) is 10.1. The Balaban J connectivity index is 2.03. The summed E-state index contributed by atoms with van der Waals surface area (Å²) < 4.78 is 0. The van der Waals surface area contributed by atoms with Gasteiger partial charge in [0, 0.05) is 11.2 Å². The Morgan fingerprint density at radius 1 is 1.33 bits per heavy atom. The molecule has 1 N–H and O–H groups in total. The summed E-state index contributed by atoms with van der Waals surface area (Å²) in [6.45, 7) is 1.95. The molecule has 0 radical (unpaired) electrons. The van der Waals surface area contributed by atoms with E-state index in [2.05, 4.69) is 10.3 Å². The number of anilines is 1. The number of halogens is 1. The predicted molar refractivity (Wildman–Crippen MR) is 72.8 cm³/mol. The molecule has 1 heterocycles. The number of pyridine rings is 1. The number of nitrogens with zero attached hydrogens (tertiary/aromatic N) is 1. The van der Waals surface area contributed by atoms with Gasteiger partial charge in [-0.25, -0.2) is 4.98 Å². The van der Waals surface area contributed by atoms with Crippen molar-refractivity contribution in [1.82, 2.24) is 4.98 Å². The Morgan fingerprint density at radius 3 is 2.83 bits per heavy atom. The molecule has 0 bridgehead atoms. The number of nitrogens with one attached hydrogen (secondary N) is 1. The van der Waals surface area contributed by atoms with Gasteiger partial charge in [0.2, 0.25) is 5.91 Å². The van der Waals surface area contributed by atoms with E-state index in [9.17, 15) is 4.79 Å². The van der Waals surface area contributed by atoms with Crippen molar-refractivity contribution in [2.45, 2.75) is 13.3 Å². The largest absolute Gasteiger partial charge is 0.310 e. The highest BCUT2D eigenvalue weighted by atomic mass is 35.5. The third-order valence-electron chi connectivity index (χ3n) is 2.49. The van der Waals surface area contributed by atoms with Gasteiger partial charge in [0.05, 0.1) is 6.42 Å². The van der Waals surface area contributed by atoms with E-state index in [1.165, 1.54) is 0 Å². The van der Waals surface area contributed by atoms with E-state index < -0.39 is 0 Å². The molecular weight excluding hydrogens is 248 g/mol. The van der Waals surface area contributed by atoms with E-state index in [4.69, 9.17) is 11.6 Å². The SMILES string of the molecule is Cc1ccnc(NC(=O)Cc2ccccc2Cl)c1. The number of carbonyl (C=O) groups is 1. The zero-order chi connectivity index (χ0) is 13.0. The molecule has 2 rings (SSSR count). The summed E-state index contributed by atoms with van der Waals surface area (Å²) in [7, 11) is 0. The van der Waals surface area contributed by atoms with Gasteiger partial charge in [0.1, 0.15) is 5.82 Å². The van der Waals surface area contributed by atoms with E-state index in [1.807, 2.05) is 37.3 Å². The molecule has 3 nitrogen and oxygen atoms in total. The highest BCUT2D eigenvalue weighted by Crippen LogP contribution is 2.16. The van der Waals surface area contributed by atoms with Gasteiger partial charge in [-0.05, 0) is 36.2 Å². The Kier molecular flexibility index (Phi) is 3.95. The van der Waals surface area contributed by atoms with Gasteiger partial charge in [-0.2, -0.15) is 0 Å². The number of aryl methyl sites for hydroxylation is 1. The Bertz CT molecular complexity index is 569. The van der Waals surface area contributed by atoms with Crippen molar-refractivity contribution in [1.29, 1.82) is 0 Å². The maximum Gasteiger partial charge on any atom is 0.230 e. The van der Waals surface area contributed by atoms with Gasteiger partial charge in [0.15, 0.2) is 0 Å². The van der Waals surface area contributed by atoms with Gasteiger partial charge in [-0.1, -0.05) is 29.8 Å². The number of hydrogen-bond donors (Lipinski definition) is 1. The minimum absolute atomic E-state index is 0.124. The molecule has 0 spiro atoms. The Labute approximate surface area is 111 Å². The average molecular weight is 261 g/mol. The fraction of sp³-hybridized carbons (Fsp3) is 0.143. The van der Waals surface area contributed by atoms with E-state index in [0.717, 1.165) is 11.1 Å². The Hall–Kier alpha value is -1.87. The fourth-order valence-electron chi connectivity index (χ4n) is 1.61. The van der Waals surface area contributed by atoms with Crippen LogP contribution in [-0.4, -0.2) is 10.9 Å². The number of aromatic nitrogens is 1. The average Bonchev–Trinajstić information content (AvgIpc) is 2.32. The van der Waals surface area contributed by atoms with Crippen LogP contribution in [0.2, 0.25) is 5.02 Å². The third-order valence-corrected chi connectivity index (χ3v) is 2.86. The van der Waals surface area contributed by atoms with Gasteiger partial charge in [-0.3, -0.25) is 4.79 Å². The molecule has 0 aliphatic heterocycles. The van der Waals surface area contributed by atoms with Crippen molar-refractivity contribution in [3.8, 4) is 0 Å². The minimum atomic E-state index is -0.124. The summed E-state index contributed by atoms with van der Waals surface area (Å²) in [5.74, 6) is 0.438. The van der Waals surface area contributed by atoms with E-state index in [1.54, 1.807) is 12.3 Å². The summed E-state index contributed by atoms with van der Waals surface area (Å²) in [6.07, 6.45) is 1.91. The van der Waals surface area contributed by atoms with Crippen molar-refractivity contribution >= 4 is 23.3 Å². The number of amides is 1. The molecule has 2 aromatic rings. The Morgan fingerprint density at radius 2 is 2.11 bits per heavy atom. The first-order valence-electron chi connectivity index (χ1n) is 5.61. The van der Waals surface area contributed by atoms with Crippen molar-refractivity contribution < 1.29 is 4.79 Å². The molecule has 1 aromatic heterocycles. The first kappa shape index (κ1) is 12.6. The van der Waals surface area contributed by atoms with Crippen LogP contribution < -0.4 is 5.32 Å². The van der Waals surface area contributed by atoms with Crippen molar-refractivity contribution in [3.05, 3.63) is 58.7 Å². The molecule has 1 amide bonds. The molecule has 4 heteroatoms. The molecule has 18 heavy (non-hydrogen) atoms. The minimum Gasteiger partial charge on any atom is -0.310 e. The zero-order valence-electron chi connectivity index (χ0n) is 9.98. The van der Waals surface area contributed by atoms with Crippen LogP contribution in [0.15, 0.2) is 42.6 Å². The number of carbonyl (C=O) groups excluding carboxylic acids is 1. The smallest absolute Gasteiger partial charge is 0.230 e. The summed E-state index contributed by atoms with van der Waals surface area (Å²) in [5, 5.41) is 3.35. The maximum atomic E-state index is 11.8. The van der Waals surface area contributed by atoms with Crippen molar-refractivity contribution in [2.75, 3.05) is 5.32 Å². The molecule has 0 saturated heterocycles. The first-order chi connectivity index (χ1) is 8.65. The summed E-state index contributed by atoms with van der Waals surface area (Å²) in [5.41, 5.74) is 1.86. The molecule has 0 saturated carbocycles. The second-order valence-electron chi connectivity index (χ2n) is 4.03. The van der Waals surface area contributed by atoms with Crippen LogP contribution in [0.5, 0.6) is 0 Å². The molecule has 0 aliphatic carbocycles. The molecule has 0 unspecified atom stereocenters. The molecule has 0 aliphatic rings. The lowest BCUT2D eigenvalue weighted by Crippen LogP contribution is -2.15. The van der Waals surface area contributed by atoms with Gasteiger partial charge in [0.25, 0.3) is 0 Å². The monoisotopic (exact) mass is 260 g/mol.